The Bertz CT molecular complexity index is 500. The Morgan fingerprint density at radius 1 is 1.33 bits per heavy atom. The molecule has 18 heavy (non-hydrogen) atoms. The fourth-order valence-electron chi connectivity index (χ4n) is 1.59. The van der Waals surface area contributed by atoms with Gasteiger partial charge in [-0.05, 0) is 18.9 Å². The molecule has 5 nitrogen and oxygen atoms in total. The average molecular weight is 271 g/mol. The van der Waals surface area contributed by atoms with Crippen LogP contribution in [0.3, 0.4) is 0 Å². The number of anilines is 1. The van der Waals surface area contributed by atoms with Gasteiger partial charge in [0, 0.05) is 32.5 Å². The zero-order valence-corrected chi connectivity index (χ0v) is 12.3. The smallest absolute Gasteiger partial charge is 0.246 e. The lowest BCUT2D eigenvalue weighted by atomic mass is 10.1. The molecule has 0 amide bonds. The molecule has 0 saturated heterocycles. The maximum Gasteiger partial charge on any atom is 0.246 e. The highest BCUT2D eigenvalue weighted by Gasteiger charge is 2.29. The van der Waals surface area contributed by atoms with Crippen LogP contribution < -0.4 is 5.32 Å². The van der Waals surface area contributed by atoms with Gasteiger partial charge in [0.1, 0.15) is 4.90 Å². The van der Waals surface area contributed by atoms with Gasteiger partial charge in [0.2, 0.25) is 10.0 Å². The van der Waals surface area contributed by atoms with Crippen molar-refractivity contribution in [3.05, 3.63) is 18.5 Å². The molecule has 1 atom stereocenters. The van der Waals surface area contributed by atoms with Gasteiger partial charge in [-0.1, -0.05) is 13.8 Å². The van der Waals surface area contributed by atoms with E-state index in [1.54, 1.807) is 26.4 Å². The minimum absolute atomic E-state index is 0.0695. The van der Waals surface area contributed by atoms with E-state index in [1.165, 1.54) is 10.5 Å². The van der Waals surface area contributed by atoms with E-state index >= 15 is 0 Å². The fourth-order valence-corrected chi connectivity index (χ4v) is 3.22. The van der Waals surface area contributed by atoms with Gasteiger partial charge in [-0.3, -0.25) is 4.98 Å². The Labute approximate surface area is 109 Å². The summed E-state index contributed by atoms with van der Waals surface area (Å²) >= 11 is 0. The first-order valence-electron chi connectivity index (χ1n) is 5.92. The van der Waals surface area contributed by atoms with Crippen LogP contribution in [-0.2, 0) is 10.0 Å². The zero-order valence-electron chi connectivity index (χ0n) is 11.5. The van der Waals surface area contributed by atoms with E-state index < -0.39 is 10.0 Å². The maximum atomic E-state index is 12.5. The summed E-state index contributed by atoms with van der Waals surface area (Å²) in [7, 11) is -0.219. The first-order chi connectivity index (χ1) is 8.32. The Kier molecular flexibility index (Phi) is 4.70. The first-order valence-corrected chi connectivity index (χ1v) is 7.36. The van der Waals surface area contributed by atoms with Crippen molar-refractivity contribution in [1.29, 1.82) is 0 Å². The second-order valence-corrected chi connectivity index (χ2v) is 6.59. The normalized spacial score (nSPS) is 13.9. The van der Waals surface area contributed by atoms with E-state index in [1.807, 2.05) is 20.8 Å². The van der Waals surface area contributed by atoms with Crippen molar-refractivity contribution in [3.8, 4) is 0 Å². The van der Waals surface area contributed by atoms with Crippen molar-refractivity contribution in [1.82, 2.24) is 9.29 Å². The molecule has 0 spiro atoms. The SMILES string of the molecule is CNc1ccncc1S(=O)(=O)N(C)C(C)C(C)C. The van der Waals surface area contributed by atoms with Gasteiger partial charge < -0.3 is 5.32 Å². The summed E-state index contributed by atoms with van der Waals surface area (Å²) in [5.41, 5.74) is 0.563. The minimum Gasteiger partial charge on any atom is -0.387 e. The molecular weight excluding hydrogens is 250 g/mol. The van der Waals surface area contributed by atoms with Gasteiger partial charge in [-0.25, -0.2) is 8.42 Å². The second-order valence-electron chi connectivity index (χ2n) is 4.63. The number of hydrogen-bond acceptors (Lipinski definition) is 4. The summed E-state index contributed by atoms with van der Waals surface area (Å²) in [4.78, 5) is 4.11. The van der Waals surface area contributed by atoms with Gasteiger partial charge in [0.25, 0.3) is 0 Å². The number of rotatable bonds is 5. The van der Waals surface area contributed by atoms with Crippen molar-refractivity contribution in [3.63, 3.8) is 0 Å². The topological polar surface area (TPSA) is 62.3 Å². The lowest BCUT2D eigenvalue weighted by Gasteiger charge is -2.27. The van der Waals surface area contributed by atoms with Gasteiger partial charge in [-0.15, -0.1) is 0 Å². The summed E-state index contributed by atoms with van der Waals surface area (Å²) in [6, 6.07) is 1.58. The van der Waals surface area contributed by atoms with Crippen molar-refractivity contribution in [2.45, 2.75) is 31.7 Å². The summed E-state index contributed by atoms with van der Waals surface area (Å²) in [5, 5.41) is 2.88. The highest BCUT2D eigenvalue weighted by atomic mass is 32.2. The van der Waals surface area contributed by atoms with Crippen molar-refractivity contribution in [2.24, 2.45) is 5.92 Å². The number of pyridine rings is 1. The van der Waals surface area contributed by atoms with Crippen LogP contribution in [0.5, 0.6) is 0 Å². The molecule has 0 aromatic carbocycles. The quantitative estimate of drug-likeness (QED) is 0.887. The standard InChI is InChI=1S/C12H21N3O2S/c1-9(2)10(3)15(5)18(16,17)12-8-14-7-6-11(12)13-4/h6-10H,1-5H3,(H,13,14). The highest BCUT2D eigenvalue weighted by Crippen LogP contribution is 2.25. The lowest BCUT2D eigenvalue weighted by molar-refractivity contribution is 0.316. The number of sulfonamides is 1. The Morgan fingerprint density at radius 2 is 1.94 bits per heavy atom. The van der Waals surface area contributed by atoms with E-state index in [2.05, 4.69) is 10.3 Å². The van der Waals surface area contributed by atoms with Gasteiger partial charge in [0.15, 0.2) is 0 Å². The van der Waals surface area contributed by atoms with Crippen LogP contribution in [0.1, 0.15) is 20.8 Å². The summed E-state index contributed by atoms with van der Waals surface area (Å²) < 4.78 is 26.4. The van der Waals surface area contributed by atoms with Gasteiger partial charge in [-0.2, -0.15) is 4.31 Å². The molecule has 0 aliphatic rings. The predicted octanol–water partition coefficient (Wildman–Crippen LogP) is 1.79. The number of nitrogens with zero attached hydrogens (tertiary/aromatic N) is 2. The third-order valence-electron chi connectivity index (χ3n) is 3.25. The van der Waals surface area contributed by atoms with E-state index in [9.17, 15) is 8.42 Å². The number of aromatic nitrogens is 1. The molecule has 1 heterocycles. The molecule has 0 saturated carbocycles. The van der Waals surface area contributed by atoms with E-state index in [0.29, 0.717) is 5.69 Å². The van der Waals surface area contributed by atoms with Crippen LogP contribution >= 0.6 is 0 Å². The monoisotopic (exact) mass is 271 g/mol. The summed E-state index contributed by atoms with van der Waals surface area (Å²) in [5.74, 6) is 0.250. The minimum atomic E-state index is -3.52. The summed E-state index contributed by atoms with van der Waals surface area (Å²) in [6.07, 6.45) is 2.95. The van der Waals surface area contributed by atoms with E-state index in [-0.39, 0.29) is 16.9 Å². The van der Waals surface area contributed by atoms with Crippen LogP contribution in [0.4, 0.5) is 5.69 Å². The summed E-state index contributed by atoms with van der Waals surface area (Å²) in [6.45, 7) is 5.90. The molecule has 0 radical (unpaired) electrons. The van der Waals surface area contributed by atoms with Crippen LogP contribution in [0.15, 0.2) is 23.4 Å². The van der Waals surface area contributed by atoms with Gasteiger partial charge >= 0.3 is 0 Å². The van der Waals surface area contributed by atoms with E-state index in [4.69, 9.17) is 0 Å². The van der Waals surface area contributed by atoms with E-state index in [0.717, 1.165) is 0 Å². The molecule has 1 N–H and O–H groups in total. The third-order valence-corrected chi connectivity index (χ3v) is 5.22. The third kappa shape index (κ3) is 2.81. The molecule has 1 rings (SSSR count). The molecule has 1 unspecified atom stereocenters. The fraction of sp³-hybridized carbons (Fsp3) is 0.583. The molecular formula is C12H21N3O2S. The van der Waals surface area contributed by atoms with Crippen LogP contribution in [-0.4, -0.2) is 37.8 Å². The van der Waals surface area contributed by atoms with Gasteiger partial charge in [0.05, 0.1) is 5.69 Å². The molecule has 1 aromatic rings. The molecule has 0 aliphatic carbocycles. The van der Waals surface area contributed by atoms with Crippen molar-refractivity contribution in [2.75, 3.05) is 19.4 Å². The number of hydrogen-bond donors (Lipinski definition) is 1. The predicted molar refractivity (Wildman–Crippen MR) is 73.0 cm³/mol. The first kappa shape index (κ1) is 14.9. The van der Waals surface area contributed by atoms with Crippen LogP contribution in [0.2, 0.25) is 0 Å². The van der Waals surface area contributed by atoms with Crippen LogP contribution in [0, 0.1) is 5.92 Å². The van der Waals surface area contributed by atoms with Crippen LogP contribution in [0.25, 0.3) is 0 Å². The molecule has 1 aromatic heterocycles. The Morgan fingerprint density at radius 3 is 2.44 bits per heavy atom. The second kappa shape index (κ2) is 5.67. The Hall–Kier alpha value is -1.14. The van der Waals surface area contributed by atoms with Crippen molar-refractivity contribution >= 4 is 15.7 Å². The lowest BCUT2D eigenvalue weighted by Crippen LogP contribution is -2.38. The Balaban J connectivity index is 3.21. The maximum absolute atomic E-state index is 12.5. The molecule has 0 aliphatic heterocycles. The largest absolute Gasteiger partial charge is 0.387 e. The molecule has 0 fully saturated rings. The number of nitrogens with one attached hydrogen (secondary N) is 1. The molecule has 102 valence electrons. The average Bonchev–Trinajstić information content (AvgIpc) is 2.36. The zero-order chi connectivity index (χ0) is 13.9. The highest BCUT2D eigenvalue weighted by molar-refractivity contribution is 7.89. The molecule has 0 bridgehead atoms. The van der Waals surface area contributed by atoms with Crippen molar-refractivity contribution < 1.29 is 8.42 Å². The molecule has 6 heteroatoms.